The number of rotatable bonds is 4. The second-order valence-corrected chi connectivity index (χ2v) is 8.10. The molecule has 1 amide bonds. The summed E-state index contributed by atoms with van der Waals surface area (Å²) in [5.41, 5.74) is 0.744. The Kier molecular flexibility index (Phi) is 4.86. The fourth-order valence-electron chi connectivity index (χ4n) is 3.87. The summed E-state index contributed by atoms with van der Waals surface area (Å²) in [6.45, 7) is 0. The summed E-state index contributed by atoms with van der Waals surface area (Å²) in [5, 5.41) is 6.67. The summed E-state index contributed by atoms with van der Waals surface area (Å²) >= 11 is 1.33. The molecule has 1 aromatic heterocycles. The number of piperidine rings is 1. The third kappa shape index (κ3) is 4.44. The van der Waals surface area contributed by atoms with Gasteiger partial charge >= 0.3 is 6.36 Å². The van der Waals surface area contributed by atoms with Crippen molar-refractivity contribution in [1.82, 2.24) is 10.6 Å². The number of amides is 1. The highest BCUT2D eigenvalue weighted by Gasteiger charge is 2.34. The van der Waals surface area contributed by atoms with Crippen molar-refractivity contribution < 1.29 is 22.7 Å². The standard InChI is InChI=1S/C19H19F3N2O2S/c20-19(21,22)26-15-5-1-11(2-6-15)16-7-8-17(27-16)18(25)24-14-9-12-3-4-13(10-14)23-12/h1-2,5-8,12-14,23H,3-4,9-10H2,(H,24,25). The summed E-state index contributed by atoms with van der Waals surface area (Å²) < 4.78 is 40.6. The lowest BCUT2D eigenvalue weighted by molar-refractivity contribution is -0.274. The van der Waals surface area contributed by atoms with Crippen LogP contribution in [0.2, 0.25) is 0 Å². The molecular formula is C19H19F3N2O2S. The second-order valence-electron chi connectivity index (χ2n) is 7.02. The molecule has 144 valence electrons. The Morgan fingerprint density at radius 1 is 1.07 bits per heavy atom. The summed E-state index contributed by atoms with van der Waals surface area (Å²) in [5.74, 6) is -0.351. The molecule has 3 heterocycles. The van der Waals surface area contributed by atoms with E-state index in [4.69, 9.17) is 0 Å². The molecule has 8 heteroatoms. The van der Waals surface area contributed by atoms with Crippen LogP contribution in [0, 0.1) is 0 Å². The molecule has 2 saturated heterocycles. The van der Waals surface area contributed by atoms with Crippen LogP contribution in [0.25, 0.3) is 10.4 Å². The largest absolute Gasteiger partial charge is 0.573 e. The van der Waals surface area contributed by atoms with E-state index in [1.54, 1.807) is 18.2 Å². The van der Waals surface area contributed by atoms with Crippen LogP contribution >= 0.6 is 11.3 Å². The van der Waals surface area contributed by atoms with Crippen molar-refractivity contribution in [3.63, 3.8) is 0 Å². The Bertz CT molecular complexity index is 807. The molecule has 0 aliphatic carbocycles. The van der Waals surface area contributed by atoms with Crippen LogP contribution in [0.1, 0.15) is 35.4 Å². The van der Waals surface area contributed by atoms with E-state index in [1.165, 1.54) is 36.3 Å². The summed E-state index contributed by atoms with van der Waals surface area (Å²) in [7, 11) is 0. The number of hydrogen-bond donors (Lipinski definition) is 2. The fraction of sp³-hybridized carbons (Fsp3) is 0.421. The van der Waals surface area contributed by atoms with Gasteiger partial charge in [-0.15, -0.1) is 24.5 Å². The maximum atomic E-state index is 12.5. The molecule has 0 radical (unpaired) electrons. The first-order chi connectivity index (χ1) is 12.9. The third-order valence-electron chi connectivity index (χ3n) is 5.01. The molecular weight excluding hydrogens is 377 g/mol. The molecule has 27 heavy (non-hydrogen) atoms. The van der Waals surface area contributed by atoms with Gasteiger partial charge in [0, 0.05) is 23.0 Å². The number of halogens is 3. The average Bonchev–Trinajstić information content (AvgIpc) is 3.21. The van der Waals surface area contributed by atoms with Crippen molar-refractivity contribution in [2.45, 2.75) is 50.2 Å². The molecule has 0 spiro atoms. The Balaban J connectivity index is 1.40. The minimum absolute atomic E-state index is 0.0884. The van der Waals surface area contributed by atoms with Crippen LogP contribution in [0.4, 0.5) is 13.2 Å². The van der Waals surface area contributed by atoms with E-state index < -0.39 is 6.36 Å². The quantitative estimate of drug-likeness (QED) is 0.809. The monoisotopic (exact) mass is 396 g/mol. The SMILES string of the molecule is O=C(NC1CC2CCC(C1)N2)c1ccc(-c2ccc(OC(F)(F)F)cc2)s1. The van der Waals surface area contributed by atoms with Crippen LogP contribution in [0.5, 0.6) is 5.75 Å². The molecule has 2 aromatic rings. The van der Waals surface area contributed by atoms with Gasteiger partial charge in [-0.3, -0.25) is 4.79 Å². The number of carbonyl (C=O) groups is 1. The van der Waals surface area contributed by atoms with E-state index in [1.807, 2.05) is 6.07 Å². The molecule has 2 unspecified atom stereocenters. The molecule has 0 saturated carbocycles. The van der Waals surface area contributed by atoms with Gasteiger partial charge in [0.15, 0.2) is 0 Å². The molecule has 1 aromatic carbocycles. The van der Waals surface area contributed by atoms with Crippen LogP contribution in [0.3, 0.4) is 0 Å². The van der Waals surface area contributed by atoms with E-state index in [-0.39, 0.29) is 17.7 Å². The van der Waals surface area contributed by atoms with E-state index in [0.717, 1.165) is 23.3 Å². The number of hydrogen-bond acceptors (Lipinski definition) is 4. The molecule has 2 bridgehead atoms. The van der Waals surface area contributed by atoms with Crippen molar-refractivity contribution in [3.05, 3.63) is 41.3 Å². The van der Waals surface area contributed by atoms with Crippen molar-refractivity contribution >= 4 is 17.2 Å². The first-order valence-electron chi connectivity index (χ1n) is 8.89. The van der Waals surface area contributed by atoms with Gasteiger partial charge in [-0.1, -0.05) is 0 Å². The molecule has 2 aliphatic rings. The van der Waals surface area contributed by atoms with E-state index in [9.17, 15) is 18.0 Å². The van der Waals surface area contributed by atoms with E-state index in [0.29, 0.717) is 17.0 Å². The van der Waals surface area contributed by atoms with E-state index >= 15 is 0 Å². The Labute approximate surface area is 158 Å². The molecule has 2 aliphatic heterocycles. The topological polar surface area (TPSA) is 50.4 Å². The van der Waals surface area contributed by atoms with Gasteiger partial charge in [-0.25, -0.2) is 0 Å². The lowest BCUT2D eigenvalue weighted by Gasteiger charge is -2.29. The van der Waals surface area contributed by atoms with Gasteiger partial charge in [0.25, 0.3) is 5.91 Å². The van der Waals surface area contributed by atoms with Crippen LogP contribution in [-0.4, -0.2) is 30.4 Å². The maximum absolute atomic E-state index is 12.5. The van der Waals surface area contributed by atoms with Gasteiger partial charge < -0.3 is 15.4 Å². The summed E-state index contributed by atoms with van der Waals surface area (Å²) in [4.78, 5) is 14.0. The predicted octanol–water partition coefficient (Wildman–Crippen LogP) is 4.33. The minimum atomic E-state index is -4.70. The zero-order chi connectivity index (χ0) is 19.0. The van der Waals surface area contributed by atoms with Crippen LogP contribution in [0.15, 0.2) is 36.4 Å². The Morgan fingerprint density at radius 3 is 2.37 bits per heavy atom. The highest BCUT2D eigenvalue weighted by Crippen LogP contribution is 2.32. The molecule has 4 rings (SSSR count). The zero-order valence-corrected chi connectivity index (χ0v) is 15.2. The van der Waals surface area contributed by atoms with Crippen molar-refractivity contribution in [3.8, 4) is 16.2 Å². The molecule has 2 fully saturated rings. The zero-order valence-electron chi connectivity index (χ0n) is 14.4. The number of fused-ring (bicyclic) bond motifs is 2. The second kappa shape index (κ2) is 7.16. The predicted molar refractivity (Wildman–Crippen MR) is 96.9 cm³/mol. The van der Waals surface area contributed by atoms with Crippen LogP contribution in [-0.2, 0) is 0 Å². The van der Waals surface area contributed by atoms with Crippen molar-refractivity contribution in [2.75, 3.05) is 0 Å². The average molecular weight is 396 g/mol. The summed E-state index contributed by atoms with van der Waals surface area (Å²) in [6, 6.07) is 10.4. The van der Waals surface area contributed by atoms with Gasteiger partial charge in [0.1, 0.15) is 5.75 Å². The maximum Gasteiger partial charge on any atom is 0.573 e. The van der Waals surface area contributed by atoms with Gasteiger partial charge in [-0.2, -0.15) is 0 Å². The number of alkyl halides is 3. The van der Waals surface area contributed by atoms with Crippen molar-refractivity contribution in [2.24, 2.45) is 0 Å². The highest BCUT2D eigenvalue weighted by atomic mass is 32.1. The first-order valence-corrected chi connectivity index (χ1v) is 9.70. The molecule has 2 atom stereocenters. The van der Waals surface area contributed by atoms with Gasteiger partial charge in [0.05, 0.1) is 4.88 Å². The normalized spacial score (nSPS) is 24.6. The third-order valence-corrected chi connectivity index (χ3v) is 6.14. The lowest BCUT2D eigenvalue weighted by atomic mass is 10.00. The summed E-state index contributed by atoms with van der Waals surface area (Å²) in [6.07, 6.45) is -0.436. The lowest BCUT2D eigenvalue weighted by Crippen LogP contribution is -2.47. The van der Waals surface area contributed by atoms with Crippen molar-refractivity contribution in [1.29, 1.82) is 0 Å². The Hall–Kier alpha value is -2.06. The first kappa shape index (κ1) is 18.3. The van der Waals surface area contributed by atoms with Gasteiger partial charge in [-0.05, 0) is 67.6 Å². The number of nitrogens with one attached hydrogen (secondary N) is 2. The Morgan fingerprint density at radius 2 is 1.74 bits per heavy atom. The smallest absolute Gasteiger partial charge is 0.406 e. The molecule has 4 nitrogen and oxygen atoms in total. The van der Waals surface area contributed by atoms with E-state index in [2.05, 4.69) is 15.4 Å². The number of ether oxygens (including phenoxy) is 1. The highest BCUT2D eigenvalue weighted by molar-refractivity contribution is 7.17. The fourth-order valence-corrected chi connectivity index (χ4v) is 4.78. The number of carbonyl (C=O) groups excluding carboxylic acids is 1. The minimum Gasteiger partial charge on any atom is -0.406 e. The van der Waals surface area contributed by atoms with Gasteiger partial charge in [0.2, 0.25) is 0 Å². The number of benzene rings is 1. The molecule has 2 N–H and O–H groups in total. The van der Waals surface area contributed by atoms with Crippen LogP contribution < -0.4 is 15.4 Å². The number of thiophene rings is 1.